The van der Waals surface area contributed by atoms with Crippen LogP contribution in [0.4, 0.5) is 5.69 Å². The lowest BCUT2D eigenvalue weighted by atomic mass is 9.80. The second-order valence-electron chi connectivity index (χ2n) is 6.58. The quantitative estimate of drug-likeness (QED) is 0.869. The van der Waals surface area contributed by atoms with Crippen LogP contribution in [0.3, 0.4) is 0 Å². The fourth-order valence-electron chi connectivity index (χ4n) is 3.97. The molecule has 2 heterocycles. The Balaban J connectivity index is 1.61. The molecule has 2 fully saturated rings. The van der Waals surface area contributed by atoms with Crippen LogP contribution in [0.2, 0.25) is 0 Å². The van der Waals surface area contributed by atoms with Gasteiger partial charge in [-0.15, -0.1) is 0 Å². The summed E-state index contributed by atoms with van der Waals surface area (Å²) in [5, 5.41) is 5.05. The van der Waals surface area contributed by atoms with E-state index < -0.39 is 0 Å². The van der Waals surface area contributed by atoms with Crippen LogP contribution in [-0.4, -0.2) is 30.2 Å². The molecule has 1 N–H and O–H groups in total. The smallest absolute Gasteiger partial charge is 0.0703 e. The predicted molar refractivity (Wildman–Crippen MR) is 87.8 cm³/mol. The fourth-order valence-corrected chi connectivity index (χ4v) is 3.97. The highest BCUT2D eigenvalue weighted by molar-refractivity contribution is 5.81. The van der Waals surface area contributed by atoms with E-state index in [4.69, 9.17) is 0 Å². The lowest BCUT2D eigenvalue weighted by molar-refractivity contribution is 0.216. The first-order valence-corrected chi connectivity index (χ1v) is 8.20. The van der Waals surface area contributed by atoms with E-state index in [1.807, 2.05) is 6.20 Å². The van der Waals surface area contributed by atoms with E-state index in [0.29, 0.717) is 5.54 Å². The van der Waals surface area contributed by atoms with Crippen LogP contribution in [0.5, 0.6) is 0 Å². The molecule has 4 rings (SSSR count). The second kappa shape index (κ2) is 5.30. The molecule has 0 bridgehead atoms. The first-order chi connectivity index (χ1) is 10.3. The summed E-state index contributed by atoms with van der Waals surface area (Å²) in [6.45, 7) is 3.31. The molecule has 1 aromatic carbocycles. The van der Waals surface area contributed by atoms with Crippen molar-refractivity contribution in [3.63, 3.8) is 0 Å². The molecule has 2 aromatic rings. The van der Waals surface area contributed by atoms with Crippen LogP contribution in [0, 0.1) is 0 Å². The minimum absolute atomic E-state index is 0.349. The Bertz CT molecular complexity index is 626. The molecule has 1 spiro atoms. The van der Waals surface area contributed by atoms with E-state index >= 15 is 0 Å². The zero-order chi connectivity index (χ0) is 14.1. The Hall–Kier alpha value is -1.61. The molecule has 3 nitrogen and oxygen atoms in total. The van der Waals surface area contributed by atoms with Crippen molar-refractivity contribution >= 4 is 16.6 Å². The number of nitrogens with one attached hydrogen (secondary N) is 1. The van der Waals surface area contributed by atoms with Gasteiger partial charge in [0, 0.05) is 30.6 Å². The molecule has 1 aliphatic carbocycles. The van der Waals surface area contributed by atoms with E-state index in [9.17, 15) is 0 Å². The Morgan fingerprint density at radius 1 is 1.10 bits per heavy atom. The topological polar surface area (TPSA) is 28.2 Å². The molecule has 2 aliphatic rings. The van der Waals surface area contributed by atoms with Crippen molar-refractivity contribution in [3.05, 3.63) is 36.5 Å². The van der Waals surface area contributed by atoms with Gasteiger partial charge in [0.1, 0.15) is 0 Å². The summed E-state index contributed by atoms with van der Waals surface area (Å²) in [4.78, 5) is 7.16. The monoisotopic (exact) mass is 281 g/mol. The van der Waals surface area contributed by atoms with Crippen LogP contribution < -0.4 is 10.2 Å². The standard InChI is InChI=1S/C18H23N3/c1-4-8-18(9-5-1)14-21(11-10-20-18)16-12-15-6-2-3-7-17(15)19-13-16/h2-3,6-7,12-13,20H,1,4-5,8-11,14H2. The molecule has 0 atom stereocenters. The molecule has 1 aromatic heterocycles. The minimum atomic E-state index is 0.349. The number of hydrogen-bond acceptors (Lipinski definition) is 3. The number of piperazine rings is 1. The van der Waals surface area contributed by atoms with E-state index in [-0.39, 0.29) is 0 Å². The van der Waals surface area contributed by atoms with Crippen LogP contribution in [0.1, 0.15) is 32.1 Å². The number of para-hydroxylation sites is 1. The zero-order valence-electron chi connectivity index (χ0n) is 12.5. The van der Waals surface area contributed by atoms with Crippen molar-refractivity contribution in [1.29, 1.82) is 0 Å². The summed E-state index contributed by atoms with van der Waals surface area (Å²) in [6.07, 6.45) is 8.84. The molecule has 0 amide bonds. The summed E-state index contributed by atoms with van der Waals surface area (Å²) in [6, 6.07) is 10.7. The summed E-state index contributed by atoms with van der Waals surface area (Å²) in [5.74, 6) is 0. The van der Waals surface area contributed by atoms with Gasteiger partial charge in [0.05, 0.1) is 17.4 Å². The number of nitrogens with zero attached hydrogens (tertiary/aromatic N) is 2. The van der Waals surface area contributed by atoms with Gasteiger partial charge in [-0.05, 0) is 25.0 Å². The fraction of sp³-hybridized carbons (Fsp3) is 0.500. The van der Waals surface area contributed by atoms with Gasteiger partial charge in [0.2, 0.25) is 0 Å². The maximum Gasteiger partial charge on any atom is 0.0703 e. The van der Waals surface area contributed by atoms with Gasteiger partial charge in [-0.3, -0.25) is 4.98 Å². The average molecular weight is 281 g/mol. The van der Waals surface area contributed by atoms with Crippen molar-refractivity contribution in [2.45, 2.75) is 37.6 Å². The highest BCUT2D eigenvalue weighted by Crippen LogP contribution is 2.32. The number of benzene rings is 1. The predicted octanol–water partition coefficient (Wildman–Crippen LogP) is 3.35. The van der Waals surface area contributed by atoms with E-state index in [1.54, 1.807) is 0 Å². The van der Waals surface area contributed by atoms with Crippen LogP contribution in [0.15, 0.2) is 36.5 Å². The summed E-state index contributed by atoms with van der Waals surface area (Å²) in [7, 11) is 0. The maximum absolute atomic E-state index is 4.63. The number of fused-ring (bicyclic) bond motifs is 1. The Morgan fingerprint density at radius 3 is 2.86 bits per heavy atom. The first-order valence-electron chi connectivity index (χ1n) is 8.20. The molecule has 110 valence electrons. The normalized spacial score (nSPS) is 21.8. The van der Waals surface area contributed by atoms with Gasteiger partial charge in [0.25, 0.3) is 0 Å². The van der Waals surface area contributed by atoms with Gasteiger partial charge in [-0.25, -0.2) is 0 Å². The van der Waals surface area contributed by atoms with Crippen LogP contribution in [-0.2, 0) is 0 Å². The number of rotatable bonds is 1. The molecular weight excluding hydrogens is 258 g/mol. The average Bonchev–Trinajstić information content (AvgIpc) is 2.55. The molecule has 0 radical (unpaired) electrons. The van der Waals surface area contributed by atoms with Crippen molar-refractivity contribution in [2.75, 3.05) is 24.5 Å². The highest BCUT2D eigenvalue weighted by atomic mass is 15.2. The lowest BCUT2D eigenvalue weighted by Crippen LogP contribution is -2.61. The third kappa shape index (κ3) is 2.51. The minimum Gasteiger partial charge on any atom is -0.367 e. The van der Waals surface area contributed by atoms with Crippen molar-refractivity contribution < 1.29 is 0 Å². The van der Waals surface area contributed by atoms with E-state index in [1.165, 1.54) is 43.2 Å². The lowest BCUT2D eigenvalue weighted by Gasteiger charge is -2.46. The molecular formula is C18H23N3. The Labute approximate surface area is 126 Å². The number of aromatic nitrogens is 1. The molecule has 1 saturated heterocycles. The van der Waals surface area contributed by atoms with Crippen LogP contribution in [0.25, 0.3) is 10.9 Å². The third-order valence-electron chi connectivity index (χ3n) is 5.13. The van der Waals surface area contributed by atoms with E-state index in [0.717, 1.165) is 25.2 Å². The van der Waals surface area contributed by atoms with Crippen molar-refractivity contribution in [1.82, 2.24) is 10.3 Å². The van der Waals surface area contributed by atoms with Gasteiger partial charge >= 0.3 is 0 Å². The van der Waals surface area contributed by atoms with Gasteiger partial charge in [0.15, 0.2) is 0 Å². The van der Waals surface area contributed by atoms with Gasteiger partial charge in [-0.2, -0.15) is 0 Å². The number of hydrogen-bond donors (Lipinski definition) is 1. The highest BCUT2D eigenvalue weighted by Gasteiger charge is 2.36. The summed E-state index contributed by atoms with van der Waals surface area (Å²) in [5.41, 5.74) is 2.71. The molecule has 3 heteroatoms. The molecule has 21 heavy (non-hydrogen) atoms. The number of anilines is 1. The molecule has 0 unspecified atom stereocenters. The second-order valence-corrected chi connectivity index (χ2v) is 6.58. The van der Waals surface area contributed by atoms with Gasteiger partial charge < -0.3 is 10.2 Å². The first kappa shape index (κ1) is 13.1. The third-order valence-corrected chi connectivity index (χ3v) is 5.13. The molecule has 1 saturated carbocycles. The maximum atomic E-state index is 4.63. The Morgan fingerprint density at radius 2 is 1.95 bits per heavy atom. The van der Waals surface area contributed by atoms with Crippen molar-refractivity contribution in [3.8, 4) is 0 Å². The largest absolute Gasteiger partial charge is 0.367 e. The van der Waals surface area contributed by atoms with E-state index in [2.05, 4.69) is 45.5 Å². The number of pyridine rings is 1. The summed E-state index contributed by atoms with van der Waals surface area (Å²) >= 11 is 0. The SMILES string of the molecule is c1ccc2ncc(N3CCNC4(CCCCC4)C3)cc2c1. The summed E-state index contributed by atoms with van der Waals surface area (Å²) < 4.78 is 0. The van der Waals surface area contributed by atoms with Gasteiger partial charge in [-0.1, -0.05) is 37.5 Å². The zero-order valence-corrected chi connectivity index (χ0v) is 12.5. The Kier molecular flexibility index (Phi) is 3.30. The van der Waals surface area contributed by atoms with Crippen LogP contribution >= 0.6 is 0 Å². The van der Waals surface area contributed by atoms with Crippen molar-refractivity contribution in [2.24, 2.45) is 0 Å². The molecule has 1 aliphatic heterocycles.